The Labute approximate surface area is 151 Å². The minimum atomic E-state index is 0.490. The van der Waals surface area contributed by atoms with Crippen LogP contribution < -0.4 is 15.4 Å². The lowest BCUT2D eigenvalue weighted by Crippen LogP contribution is -2.38. The molecule has 1 atom stereocenters. The Morgan fingerprint density at radius 2 is 2.00 bits per heavy atom. The molecule has 1 aromatic carbocycles. The van der Waals surface area contributed by atoms with Gasteiger partial charge in [-0.05, 0) is 42.9 Å². The van der Waals surface area contributed by atoms with Crippen molar-refractivity contribution in [2.75, 3.05) is 40.5 Å². The molecule has 1 aromatic rings. The van der Waals surface area contributed by atoms with Crippen LogP contribution in [0, 0.1) is 0 Å². The third-order valence-corrected chi connectivity index (χ3v) is 4.57. The highest BCUT2D eigenvalue weighted by molar-refractivity contribution is 5.79. The monoisotopic (exact) mass is 345 g/mol. The van der Waals surface area contributed by atoms with Gasteiger partial charge in [0.2, 0.25) is 0 Å². The van der Waals surface area contributed by atoms with Crippen LogP contribution in [0.3, 0.4) is 0 Å². The highest BCUT2D eigenvalue weighted by atomic mass is 16.5. The zero-order valence-corrected chi connectivity index (χ0v) is 15.7. The first-order valence-electron chi connectivity index (χ1n) is 9.07. The van der Waals surface area contributed by atoms with E-state index >= 15 is 0 Å². The van der Waals surface area contributed by atoms with Crippen molar-refractivity contribution in [1.82, 2.24) is 10.6 Å². The molecule has 0 radical (unpaired) electrons. The van der Waals surface area contributed by atoms with E-state index in [1.54, 1.807) is 7.11 Å². The first-order valence-corrected chi connectivity index (χ1v) is 9.07. The fraction of sp³-hybridized carbons (Fsp3) is 0.550. The number of hydrogen-bond acceptors (Lipinski definition) is 3. The van der Waals surface area contributed by atoms with Gasteiger partial charge in [0, 0.05) is 20.1 Å². The zero-order chi connectivity index (χ0) is 17.9. The van der Waals surface area contributed by atoms with E-state index < -0.39 is 0 Å². The van der Waals surface area contributed by atoms with Gasteiger partial charge in [0.1, 0.15) is 5.75 Å². The van der Waals surface area contributed by atoms with E-state index in [0.29, 0.717) is 5.92 Å². The summed E-state index contributed by atoms with van der Waals surface area (Å²) in [6, 6.07) is 8.31. The van der Waals surface area contributed by atoms with Gasteiger partial charge in [0.05, 0.1) is 20.3 Å². The lowest BCUT2D eigenvalue weighted by molar-refractivity contribution is 0.153. The average Bonchev–Trinajstić information content (AvgIpc) is 2.67. The maximum Gasteiger partial charge on any atom is 0.190 e. The Balaban J connectivity index is 1.66. The maximum atomic E-state index is 5.33. The van der Waals surface area contributed by atoms with Crippen molar-refractivity contribution < 1.29 is 9.47 Å². The second kappa shape index (κ2) is 10.8. The van der Waals surface area contributed by atoms with Crippen LogP contribution >= 0.6 is 0 Å². The number of aliphatic imine (C=N–C) groups is 1. The van der Waals surface area contributed by atoms with Crippen LogP contribution in [0.15, 0.2) is 40.9 Å². The molecule has 0 fully saturated rings. The average molecular weight is 345 g/mol. The number of guanidine groups is 1. The Kier molecular flexibility index (Phi) is 8.32. The third-order valence-electron chi connectivity index (χ3n) is 4.57. The van der Waals surface area contributed by atoms with Gasteiger partial charge in [0.25, 0.3) is 0 Å². The molecule has 5 heteroatoms. The Bertz CT molecular complexity index is 567. The number of nitrogens with zero attached hydrogens (tertiary/aromatic N) is 1. The molecule has 25 heavy (non-hydrogen) atoms. The number of methoxy groups -OCH3 is 1. The molecule has 0 amide bonds. The van der Waals surface area contributed by atoms with Crippen molar-refractivity contribution in [3.8, 4) is 5.75 Å². The molecular weight excluding hydrogens is 314 g/mol. The first kappa shape index (κ1) is 19.3. The molecule has 2 N–H and O–H groups in total. The van der Waals surface area contributed by atoms with Gasteiger partial charge >= 0.3 is 0 Å². The smallest absolute Gasteiger partial charge is 0.190 e. The van der Waals surface area contributed by atoms with Gasteiger partial charge in [-0.1, -0.05) is 30.7 Å². The van der Waals surface area contributed by atoms with E-state index in [4.69, 9.17) is 9.47 Å². The van der Waals surface area contributed by atoms with Gasteiger partial charge in [-0.3, -0.25) is 4.99 Å². The molecule has 0 aromatic heterocycles. The summed E-state index contributed by atoms with van der Waals surface area (Å²) < 4.78 is 10.5. The summed E-state index contributed by atoms with van der Waals surface area (Å²) >= 11 is 0. The molecule has 0 saturated carbocycles. The number of ether oxygens (including phenoxy) is 2. The lowest BCUT2D eigenvalue weighted by Gasteiger charge is -2.17. The van der Waals surface area contributed by atoms with Crippen molar-refractivity contribution in [2.24, 2.45) is 4.99 Å². The van der Waals surface area contributed by atoms with Crippen LogP contribution in [-0.2, 0) is 4.74 Å². The summed E-state index contributed by atoms with van der Waals surface area (Å²) in [6.45, 7) is 5.65. The molecule has 1 aliphatic rings. The molecule has 0 spiro atoms. The van der Waals surface area contributed by atoms with Gasteiger partial charge in [-0.25, -0.2) is 0 Å². The topological polar surface area (TPSA) is 54.9 Å². The van der Waals surface area contributed by atoms with Crippen LogP contribution in [0.25, 0.3) is 0 Å². The van der Waals surface area contributed by atoms with Crippen molar-refractivity contribution in [2.45, 2.75) is 32.1 Å². The molecular formula is C20H31N3O2. The second-order valence-corrected chi connectivity index (χ2v) is 6.33. The maximum absolute atomic E-state index is 5.33. The molecule has 1 unspecified atom stereocenters. The van der Waals surface area contributed by atoms with Crippen molar-refractivity contribution in [3.63, 3.8) is 0 Å². The van der Waals surface area contributed by atoms with Crippen LogP contribution in [0.4, 0.5) is 0 Å². The van der Waals surface area contributed by atoms with E-state index in [2.05, 4.69) is 40.8 Å². The summed E-state index contributed by atoms with van der Waals surface area (Å²) in [6.07, 6.45) is 5.34. The standard InChI is InChI=1S/C20H31N3O2/c1-16(18-4-6-19(24-3)7-5-18)8-12-22-20(21-2)23-13-9-17-10-14-25-15-11-17/h4-7,10,16H,8-9,11-15H2,1-3H3,(H2,21,22,23). The molecule has 2 rings (SSSR count). The Hall–Kier alpha value is -2.01. The molecule has 138 valence electrons. The van der Waals surface area contributed by atoms with Gasteiger partial charge in [-0.15, -0.1) is 0 Å². The number of benzene rings is 1. The Morgan fingerprint density at radius 1 is 1.24 bits per heavy atom. The first-order chi connectivity index (χ1) is 12.2. The van der Waals surface area contributed by atoms with E-state index in [0.717, 1.165) is 57.3 Å². The number of nitrogens with one attached hydrogen (secondary N) is 2. The highest BCUT2D eigenvalue weighted by Crippen LogP contribution is 2.21. The van der Waals surface area contributed by atoms with Crippen LogP contribution in [-0.4, -0.2) is 46.4 Å². The summed E-state index contributed by atoms with van der Waals surface area (Å²) in [5.41, 5.74) is 2.80. The van der Waals surface area contributed by atoms with Gasteiger partial charge in [-0.2, -0.15) is 0 Å². The molecule has 0 saturated heterocycles. The fourth-order valence-electron chi connectivity index (χ4n) is 2.86. The van der Waals surface area contributed by atoms with Crippen LogP contribution in [0.2, 0.25) is 0 Å². The predicted molar refractivity (Wildman–Crippen MR) is 104 cm³/mol. The summed E-state index contributed by atoms with van der Waals surface area (Å²) in [5, 5.41) is 6.79. The SMILES string of the molecule is CN=C(NCCC1=CCOCC1)NCCC(C)c1ccc(OC)cc1. The number of rotatable bonds is 8. The normalized spacial score (nSPS) is 16.1. The quantitative estimate of drug-likeness (QED) is 0.432. The summed E-state index contributed by atoms with van der Waals surface area (Å²) in [4.78, 5) is 4.30. The summed E-state index contributed by atoms with van der Waals surface area (Å²) in [7, 11) is 3.51. The van der Waals surface area contributed by atoms with E-state index in [-0.39, 0.29) is 0 Å². The minimum Gasteiger partial charge on any atom is -0.497 e. The molecule has 1 heterocycles. The Morgan fingerprint density at radius 3 is 2.64 bits per heavy atom. The largest absolute Gasteiger partial charge is 0.497 e. The third kappa shape index (κ3) is 6.78. The van der Waals surface area contributed by atoms with E-state index in [1.807, 2.05) is 19.2 Å². The predicted octanol–water partition coefficient (Wildman–Crippen LogP) is 3.09. The van der Waals surface area contributed by atoms with Crippen LogP contribution in [0.1, 0.15) is 37.7 Å². The second-order valence-electron chi connectivity index (χ2n) is 6.33. The molecule has 1 aliphatic heterocycles. The molecule has 5 nitrogen and oxygen atoms in total. The lowest BCUT2D eigenvalue weighted by atomic mass is 9.98. The van der Waals surface area contributed by atoms with Crippen molar-refractivity contribution in [1.29, 1.82) is 0 Å². The van der Waals surface area contributed by atoms with Crippen LogP contribution in [0.5, 0.6) is 5.75 Å². The van der Waals surface area contributed by atoms with Crippen molar-refractivity contribution >= 4 is 5.96 Å². The highest BCUT2D eigenvalue weighted by Gasteiger charge is 2.07. The molecule has 0 bridgehead atoms. The number of hydrogen-bond donors (Lipinski definition) is 2. The van der Waals surface area contributed by atoms with Crippen molar-refractivity contribution in [3.05, 3.63) is 41.5 Å². The van der Waals surface area contributed by atoms with E-state index in [1.165, 1.54) is 11.1 Å². The van der Waals surface area contributed by atoms with E-state index in [9.17, 15) is 0 Å². The van der Waals surface area contributed by atoms with Gasteiger partial charge in [0.15, 0.2) is 5.96 Å². The summed E-state index contributed by atoms with van der Waals surface area (Å²) in [5.74, 6) is 2.26. The van der Waals surface area contributed by atoms with Gasteiger partial charge < -0.3 is 20.1 Å². The molecule has 0 aliphatic carbocycles. The zero-order valence-electron chi connectivity index (χ0n) is 15.7. The fourth-order valence-corrected chi connectivity index (χ4v) is 2.86. The minimum absolute atomic E-state index is 0.490.